The third-order valence-electron chi connectivity index (χ3n) is 11.7. The standard InChI is InChI=1S/C47H52N8O4/c1-3-5-24-54-45(57)37-29-39(53(32-35-18-10-13-21-50-35)27-26-51(30-33-16-8-11-19-48-33)31-34-17-9-12-20-49-34)43-41-36(44(56)55(47(43)59)25-6-4-2)28-38(42(40(37)41)46(54)58)52-22-14-7-15-23-52/h8-13,16-21,28-29H,3-7,14-15,22-27,30-32H2,1-2H3. The van der Waals surface area contributed by atoms with Crippen molar-refractivity contribution in [2.24, 2.45) is 0 Å². The Balaban J connectivity index is 1.33. The van der Waals surface area contributed by atoms with Crippen LogP contribution in [-0.2, 0) is 19.6 Å². The first-order valence-electron chi connectivity index (χ1n) is 21.2. The minimum Gasteiger partial charge on any atom is -0.371 e. The highest BCUT2D eigenvalue weighted by atomic mass is 16.2. The maximum atomic E-state index is 15.0. The molecule has 6 heterocycles. The molecule has 0 N–H and O–H groups in total. The number of carbonyl (C=O) groups excluding carboxylic acids is 4. The maximum absolute atomic E-state index is 15.0. The first-order chi connectivity index (χ1) is 28.9. The molecule has 0 saturated carbocycles. The van der Waals surface area contributed by atoms with Gasteiger partial charge in [0.25, 0.3) is 23.6 Å². The molecule has 12 nitrogen and oxygen atoms in total. The van der Waals surface area contributed by atoms with Crippen LogP contribution in [0.2, 0.25) is 0 Å². The number of hydrogen-bond acceptors (Lipinski definition) is 10. The van der Waals surface area contributed by atoms with Gasteiger partial charge >= 0.3 is 0 Å². The lowest BCUT2D eigenvalue weighted by Crippen LogP contribution is -2.46. The summed E-state index contributed by atoms with van der Waals surface area (Å²) in [5, 5.41) is 0.823. The van der Waals surface area contributed by atoms with E-state index in [1.54, 1.807) is 18.6 Å². The largest absolute Gasteiger partial charge is 0.371 e. The van der Waals surface area contributed by atoms with Gasteiger partial charge in [0.15, 0.2) is 0 Å². The average Bonchev–Trinajstić information content (AvgIpc) is 3.27. The summed E-state index contributed by atoms with van der Waals surface area (Å²) >= 11 is 0. The van der Waals surface area contributed by atoms with Gasteiger partial charge in [0.1, 0.15) is 0 Å². The van der Waals surface area contributed by atoms with E-state index in [9.17, 15) is 14.4 Å². The van der Waals surface area contributed by atoms with Crippen LogP contribution in [-0.4, -0.2) is 92.5 Å². The molecule has 59 heavy (non-hydrogen) atoms. The van der Waals surface area contributed by atoms with Crippen LogP contribution in [0.5, 0.6) is 0 Å². The molecule has 0 atom stereocenters. The molecule has 4 amide bonds. The number of pyridine rings is 3. The number of amides is 4. The van der Waals surface area contributed by atoms with Gasteiger partial charge in [0, 0.05) is 81.7 Å². The van der Waals surface area contributed by atoms with E-state index >= 15 is 4.79 Å². The lowest BCUT2D eigenvalue weighted by molar-refractivity contribution is 0.0587. The van der Waals surface area contributed by atoms with Crippen LogP contribution in [0.1, 0.15) is 117 Å². The Morgan fingerprint density at radius 1 is 0.576 bits per heavy atom. The van der Waals surface area contributed by atoms with Crippen molar-refractivity contribution in [3.8, 4) is 0 Å². The molecular weight excluding hydrogens is 741 g/mol. The molecule has 3 aliphatic rings. The van der Waals surface area contributed by atoms with E-state index in [0.29, 0.717) is 90.0 Å². The number of nitrogens with zero attached hydrogens (tertiary/aromatic N) is 8. The molecule has 5 aromatic rings. The number of rotatable bonds is 17. The van der Waals surface area contributed by atoms with E-state index in [1.807, 2.05) is 80.6 Å². The fraction of sp³-hybridized carbons (Fsp3) is 0.383. The molecule has 0 aliphatic carbocycles. The highest BCUT2D eigenvalue weighted by Crippen LogP contribution is 2.46. The Kier molecular flexibility index (Phi) is 12.0. The Hall–Kier alpha value is -6.01. The third-order valence-corrected chi connectivity index (χ3v) is 11.7. The second-order valence-corrected chi connectivity index (χ2v) is 15.8. The Bertz CT molecular complexity index is 2290. The second kappa shape index (κ2) is 17.9. The summed E-state index contributed by atoms with van der Waals surface area (Å²) in [6, 6.07) is 21.2. The number of aromatic nitrogens is 3. The predicted molar refractivity (Wildman–Crippen MR) is 228 cm³/mol. The van der Waals surface area contributed by atoms with Crippen molar-refractivity contribution in [3.05, 3.63) is 125 Å². The molecule has 3 aliphatic heterocycles. The van der Waals surface area contributed by atoms with Gasteiger partial charge in [-0.25, -0.2) is 0 Å². The van der Waals surface area contributed by atoms with Gasteiger partial charge in [-0.2, -0.15) is 0 Å². The van der Waals surface area contributed by atoms with Crippen LogP contribution < -0.4 is 9.80 Å². The lowest BCUT2D eigenvalue weighted by atomic mass is 9.83. The van der Waals surface area contributed by atoms with Crippen LogP contribution in [0, 0.1) is 0 Å². The second-order valence-electron chi connectivity index (χ2n) is 15.8. The van der Waals surface area contributed by atoms with Gasteiger partial charge in [0.05, 0.1) is 57.3 Å². The summed E-state index contributed by atoms with van der Waals surface area (Å²) in [4.78, 5) is 82.4. The minimum absolute atomic E-state index is 0.266. The smallest absolute Gasteiger partial charge is 0.263 e. The third kappa shape index (κ3) is 8.06. The van der Waals surface area contributed by atoms with Crippen molar-refractivity contribution in [3.63, 3.8) is 0 Å². The predicted octanol–water partition coefficient (Wildman–Crippen LogP) is 7.52. The van der Waals surface area contributed by atoms with Crippen LogP contribution >= 0.6 is 0 Å². The Labute approximate surface area is 345 Å². The van der Waals surface area contributed by atoms with Crippen LogP contribution in [0.25, 0.3) is 10.8 Å². The summed E-state index contributed by atoms with van der Waals surface area (Å²) in [6.45, 7) is 8.53. The summed E-state index contributed by atoms with van der Waals surface area (Å²) in [5.41, 5.74) is 5.30. The Morgan fingerprint density at radius 3 is 1.61 bits per heavy atom. The van der Waals surface area contributed by atoms with E-state index in [2.05, 4.69) is 24.7 Å². The number of anilines is 2. The van der Waals surface area contributed by atoms with Gasteiger partial charge in [-0.1, -0.05) is 44.9 Å². The topological polar surface area (TPSA) is 123 Å². The van der Waals surface area contributed by atoms with Crippen molar-refractivity contribution in [2.75, 3.05) is 49.1 Å². The van der Waals surface area contributed by atoms with E-state index in [-0.39, 0.29) is 24.9 Å². The normalized spacial score (nSPS) is 15.2. The van der Waals surface area contributed by atoms with Gasteiger partial charge in [-0.05, 0) is 80.6 Å². The van der Waals surface area contributed by atoms with E-state index in [1.165, 1.54) is 9.80 Å². The molecule has 1 saturated heterocycles. The van der Waals surface area contributed by atoms with Crippen LogP contribution in [0.15, 0.2) is 85.3 Å². The molecule has 8 rings (SSSR count). The molecule has 0 bridgehead atoms. The first-order valence-corrected chi connectivity index (χ1v) is 21.2. The minimum atomic E-state index is -0.410. The molecule has 12 heteroatoms. The molecule has 0 unspecified atom stereocenters. The molecule has 0 radical (unpaired) electrons. The van der Waals surface area contributed by atoms with Crippen molar-refractivity contribution in [1.29, 1.82) is 0 Å². The van der Waals surface area contributed by atoms with Crippen molar-refractivity contribution >= 4 is 45.8 Å². The number of imide groups is 2. The van der Waals surface area contributed by atoms with Gasteiger partial charge in [0.2, 0.25) is 0 Å². The number of hydrogen-bond donors (Lipinski definition) is 0. The van der Waals surface area contributed by atoms with Crippen molar-refractivity contribution in [1.82, 2.24) is 29.7 Å². The van der Waals surface area contributed by atoms with E-state index < -0.39 is 11.8 Å². The number of benzene rings is 2. The lowest BCUT2D eigenvalue weighted by Gasteiger charge is -2.39. The summed E-state index contributed by atoms with van der Waals surface area (Å²) in [7, 11) is 0. The van der Waals surface area contributed by atoms with Crippen LogP contribution in [0.3, 0.4) is 0 Å². The highest BCUT2D eigenvalue weighted by molar-refractivity contribution is 6.36. The zero-order valence-corrected chi connectivity index (χ0v) is 34.1. The fourth-order valence-corrected chi connectivity index (χ4v) is 8.68. The maximum Gasteiger partial charge on any atom is 0.263 e. The summed E-state index contributed by atoms with van der Waals surface area (Å²) in [5.74, 6) is -1.55. The van der Waals surface area contributed by atoms with Crippen molar-refractivity contribution in [2.45, 2.75) is 78.4 Å². The van der Waals surface area contributed by atoms with Gasteiger partial charge < -0.3 is 9.80 Å². The molecule has 3 aromatic heterocycles. The quantitative estimate of drug-likeness (QED) is 0.0875. The molecule has 2 aromatic carbocycles. The molecule has 0 spiro atoms. The monoisotopic (exact) mass is 792 g/mol. The van der Waals surface area contributed by atoms with Crippen LogP contribution in [0.4, 0.5) is 11.4 Å². The number of unbranched alkanes of at least 4 members (excludes halogenated alkanes) is 2. The summed E-state index contributed by atoms with van der Waals surface area (Å²) < 4.78 is 0. The fourth-order valence-electron chi connectivity index (χ4n) is 8.68. The number of carbonyl (C=O) groups is 4. The summed E-state index contributed by atoms with van der Waals surface area (Å²) in [6.07, 6.45) is 11.3. The molecule has 1 fully saturated rings. The molecule has 304 valence electrons. The first kappa shape index (κ1) is 39.8. The number of piperidine rings is 1. The zero-order valence-electron chi connectivity index (χ0n) is 34.1. The molecular formula is C47H52N8O4. The van der Waals surface area contributed by atoms with Crippen molar-refractivity contribution < 1.29 is 19.2 Å². The SMILES string of the molecule is CCCCN1C(=O)c2cc(N(CCN(Cc3ccccn3)Cc3ccccn3)Cc3ccccn3)c3c4c(cc(N5CCCCC5)c(c24)C1=O)C(=O)N(CCCC)C3=O. The zero-order chi connectivity index (χ0) is 40.9. The van der Waals surface area contributed by atoms with Gasteiger partial charge in [-0.3, -0.25) is 48.8 Å². The van der Waals surface area contributed by atoms with E-state index in [4.69, 9.17) is 4.98 Å². The van der Waals surface area contributed by atoms with Gasteiger partial charge in [-0.15, -0.1) is 0 Å². The highest BCUT2D eigenvalue weighted by Gasteiger charge is 2.44. The average molecular weight is 793 g/mol. The van der Waals surface area contributed by atoms with E-state index in [0.717, 1.165) is 62.3 Å². The Morgan fingerprint density at radius 2 is 1.08 bits per heavy atom.